The van der Waals surface area contributed by atoms with Crippen molar-refractivity contribution in [1.29, 1.82) is 0 Å². The Morgan fingerprint density at radius 2 is 1.22 bits per heavy atom. The SMILES string of the molecule is [2H]C([2H])([2H])c1cc(-n2c3ccccc3c3ccc(Oc4ccc5c(c4)-c4nccn4B4N5c5ccccc5N4c4c(-c5ccccc5)cccc4-c4ccccc4)cc32)ncc1C. The molecule has 0 saturated carbocycles. The van der Waals surface area contributed by atoms with Crippen LogP contribution in [0.5, 0.6) is 11.5 Å². The number of aryl methyl sites for hydroxylation is 2. The number of nitrogens with zero attached hydrogens (tertiary/aromatic N) is 6. The second-order valence-electron chi connectivity index (χ2n) is 15.3. The topological polar surface area (TPSA) is 51.4 Å². The number of fused-ring (bicyclic) bond motifs is 11. The Kier molecular flexibility index (Phi) is 6.95. The minimum absolute atomic E-state index is 0.279. The lowest BCUT2D eigenvalue weighted by molar-refractivity contribution is 0.483. The molecule has 5 heterocycles. The zero-order chi connectivity index (χ0) is 42.4. The minimum Gasteiger partial charge on any atom is -0.457 e. The summed E-state index contributed by atoms with van der Waals surface area (Å²) in [5.41, 5.74) is 12.5. The van der Waals surface area contributed by atoms with Crippen molar-refractivity contribution in [2.45, 2.75) is 13.8 Å². The van der Waals surface area contributed by atoms with Crippen LogP contribution in [0.3, 0.4) is 0 Å². The number of hydrogen-bond acceptors (Lipinski definition) is 5. The Morgan fingerprint density at radius 3 is 1.98 bits per heavy atom. The molecule has 0 spiro atoms. The lowest BCUT2D eigenvalue weighted by Crippen LogP contribution is -2.52. The van der Waals surface area contributed by atoms with Gasteiger partial charge in [-0.05, 0) is 90.6 Å². The Balaban J connectivity index is 0.981. The molecule has 0 fully saturated rings. The molecule has 0 unspecified atom stereocenters. The molecule has 7 aromatic carbocycles. The molecule has 0 amide bonds. The van der Waals surface area contributed by atoms with Gasteiger partial charge >= 0.3 is 7.12 Å². The molecule has 2 aliphatic rings. The fourth-order valence-electron chi connectivity index (χ4n) is 9.19. The lowest BCUT2D eigenvalue weighted by atomic mass is 9.80. The molecule has 12 rings (SSSR count). The third-order valence-corrected chi connectivity index (χ3v) is 11.9. The van der Waals surface area contributed by atoms with E-state index >= 15 is 0 Å². The van der Waals surface area contributed by atoms with Gasteiger partial charge in [-0.1, -0.05) is 109 Å². The van der Waals surface area contributed by atoms with Gasteiger partial charge in [0.1, 0.15) is 23.1 Å². The zero-order valence-corrected chi connectivity index (χ0v) is 32.6. The van der Waals surface area contributed by atoms with E-state index in [0.717, 1.165) is 78.2 Å². The maximum atomic E-state index is 8.19. The number of benzene rings is 7. The van der Waals surface area contributed by atoms with E-state index in [4.69, 9.17) is 18.8 Å². The highest BCUT2D eigenvalue weighted by Crippen LogP contribution is 2.55. The van der Waals surface area contributed by atoms with E-state index in [2.05, 4.69) is 148 Å². The first-order valence-electron chi connectivity index (χ1n) is 21.6. The highest BCUT2D eigenvalue weighted by atomic mass is 16.5. The summed E-state index contributed by atoms with van der Waals surface area (Å²) in [5.74, 6) is 2.66. The average molecular weight is 776 g/mol. The predicted molar refractivity (Wildman–Crippen MR) is 245 cm³/mol. The third kappa shape index (κ3) is 5.17. The number of rotatable bonds is 6. The molecular formula is C52H37BN6O. The van der Waals surface area contributed by atoms with Crippen LogP contribution in [0.15, 0.2) is 188 Å². The highest BCUT2D eigenvalue weighted by molar-refractivity contribution is 6.73. The molecule has 0 atom stereocenters. The average Bonchev–Trinajstić information content (AvgIpc) is 4.03. The van der Waals surface area contributed by atoms with Crippen molar-refractivity contribution in [3.05, 3.63) is 200 Å². The van der Waals surface area contributed by atoms with Crippen molar-refractivity contribution in [1.82, 2.24) is 19.0 Å². The Labute approximate surface area is 352 Å². The van der Waals surface area contributed by atoms with Crippen molar-refractivity contribution in [2.75, 3.05) is 9.62 Å². The second kappa shape index (κ2) is 13.4. The summed E-state index contributed by atoms with van der Waals surface area (Å²) in [6.07, 6.45) is 5.59. The van der Waals surface area contributed by atoms with Gasteiger partial charge in [0.05, 0.1) is 22.4 Å². The molecule has 0 bridgehead atoms. The molecule has 7 nitrogen and oxygen atoms in total. The van der Waals surface area contributed by atoms with Gasteiger partial charge in [-0.15, -0.1) is 0 Å². The van der Waals surface area contributed by atoms with Gasteiger partial charge in [-0.25, -0.2) is 9.97 Å². The molecule has 0 saturated heterocycles. The van der Waals surface area contributed by atoms with Gasteiger partial charge in [0.2, 0.25) is 0 Å². The molecule has 60 heavy (non-hydrogen) atoms. The van der Waals surface area contributed by atoms with Crippen LogP contribution in [0.1, 0.15) is 15.2 Å². The van der Waals surface area contributed by atoms with Crippen LogP contribution in [0.25, 0.3) is 61.3 Å². The molecule has 10 aromatic rings. The van der Waals surface area contributed by atoms with Crippen LogP contribution >= 0.6 is 0 Å². The van der Waals surface area contributed by atoms with Gasteiger partial charge in [-0.2, -0.15) is 0 Å². The van der Waals surface area contributed by atoms with E-state index in [-0.39, 0.29) is 12.7 Å². The Bertz CT molecular complexity index is 3360. The molecule has 2 aliphatic heterocycles. The van der Waals surface area contributed by atoms with E-state index in [0.29, 0.717) is 22.9 Å². The van der Waals surface area contributed by atoms with E-state index < -0.39 is 6.85 Å². The van der Waals surface area contributed by atoms with Gasteiger partial charge in [0.25, 0.3) is 0 Å². The van der Waals surface area contributed by atoms with E-state index in [1.165, 1.54) is 0 Å². The maximum absolute atomic E-state index is 8.19. The van der Waals surface area contributed by atoms with E-state index in [1.807, 2.05) is 47.2 Å². The van der Waals surface area contributed by atoms with Crippen molar-refractivity contribution in [3.63, 3.8) is 0 Å². The largest absolute Gasteiger partial charge is 0.519 e. The lowest BCUT2D eigenvalue weighted by Gasteiger charge is -2.36. The number of aromatic nitrogens is 4. The normalized spacial score (nSPS) is 13.7. The minimum atomic E-state index is -2.27. The van der Waals surface area contributed by atoms with Crippen LogP contribution in [-0.4, -0.2) is 26.1 Å². The van der Waals surface area contributed by atoms with E-state index in [1.54, 1.807) is 19.2 Å². The zero-order valence-electron chi connectivity index (χ0n) is 35.6. The quantitative estimate of drug-likeness (QED) is 0.157. The van der Waals surface area contributed by atoms with Crippen molar-refractivity contribution >= 4 is 51.7 Å². The van der Waals surface area contributed by atoms with Crippen LogP contribution < -0.4 is 14.4 Å². The summed E-state index contributed by atoms with van der Waals surface area (Å²) in [4.78, 5) is 14.6. The van der Waals surface area contributed by atoms with Crippen molar-refractivity contribution in [2.24, 2.45) is 0 Å². The van der Waals surface area contributed by atoms with Crippen LogP contribution in [-0.2, 0) is 0 Å². The fourth-order valence-corrected chi connectivity index (χ4v) is 9.19. The number of anilines is 4. The number of hydrogen-bond donors (Lipinski definition) is 0. The smallest absolute Gasteiger partial charge is 0.457 e. The van der Waals surface area contributed by atoms with Gasteiger partial charge in [0, 0.05) is 67.6 Å². The predicted octanol–water partition coefficient (Wildman–Crippen LogP) is 12.9. The highest BCUT2D eigenvalue weighted by Gasteiger charge is 2.50. The third-order valence-electron chi connectivity index (χ3n) is 11.9. The number of ether oxygens (including phenoxy) is 1. The van der Waals surface area contributed by atoms with Crippen LogP contribution in [0.4, 0.5) is 22.7 Å². The van der Waals surface area contributed by atoms with Crippen LogP contribution in [0, 0.1) is 13.8 Å². The molecule has 0 radical (unpaired) electrons. The number of imidazole rings is 1. The first-order valence-corrected chi connectivity index (χ1v) is 20.1. The van der Waals surface area contributed by atoms with Gasteiger partial charge in [0.15, 0.2) is 0 Å². The first kappa shape index (κ1) is 31.2. The summed E-state index contributed by atoms with van der Waals surface area (Å²) in [7, 11) is -0.294. The van der Waals surface area contributed by atoms with Crippen molar-refractivity contribution in [3.8, 4) is 51.0 Å². The summed E-state index contributed by atoms with van der Waals surface area (Å²) >= 11 is 0. The van der Waals surface area contributed by atoms with E-state index in [9.17, 15) is 0 Å². The Morgan fingerprint density at radius 1 is 0.550 bits per heavy atom. The molecule has 0 N–H and O–H groups in total. The second-order valence-corrected chi connectivity index (χ2v) is 15.3. The fraction of sp³-hybridized carbons (Fsp3) is 0.0385. The monoisotopic (exact) mass is 775 g/mol. The Hall–Kier alpha value is -7.84. The summed E-state index contributed by atoms with van der Waals surface area (Å²) in [5, 5.41) is 2.05. The molecule has 284 valence electrons. The summed E-state index contributed by atoms with van der Waals surface area (Å²) in [6, 6.07) is 58.5. The van der Waals surface area contributed by atoms with Gasteiger partial charge < -0.3 is 18.8 Å². The van der Waals surface area contributed by atoms with Gasteiger partial charge in [-0.3, -0.25) is 4.57 Å². The van der Waals surface area contributed by atoms with Crippen LogP contribution in [0.2, 0.25) is 0 Å². The molecule has 0 aliphatic carbocycles. The number of pyridine rings is 1. The number of para-hydroxylation sites is 4. The van der Waals surface area contributed by atoms with Crippen molar-refractivity contribution < 1.29 is 8.85 Å². The molecule has 8 heteroatoms. The summed E-state index contributed by atoms with van der Waals surface area (Å²) < 4.78 is 35.6. The molecular weight excluding hydrogens is 735 g/mol. The first-order chi connectivity index (χ1) is 30.8. The molecule has 3 aromatic heterocycles. The standard InChI is InChI=1S/C52H37BN6O/c1-34-30-50(55-33-35(34)2)57-45-21-10-9-18-42(45)43-26-24-39(32-49(43)57)60-38-25-27-46-44(31-38)52-54-28-29-56(52)53-58(46)47-22-11-12-23-48(47)59(53)51-40(36-14-5-3-6-15-36)19-13-20-41(51)37-16-7-4-8-17-37/h3-33H,1-2H3/i1D3. The summed E-state index contributed by atoms with van der Waals surface area (Å²) in [6.45, 7) is -0.490. The maximum Gasteiger partial charge on any atom is 0.519 e.